The fourth-order valence-corrected chi connectivity index (χ4v) is 1.31. The SMILES string of the molecule is CC(=O)C(C)C(C)=NCCN=C(C)C(C)C(C)=O. The molecule has 0 bridgehead atoms. The molecule has 2 atom stereocenters. The van der Waals surface area contributed by atoms with Crippen LogP contribution in [0.15, 0.2) is 9.98 Å². The molecular weight excluding hydrogens is 228 g/mol. The van der Waals surface area contributed by atoms with Gasteiger partial charge in [-0.3, -0.25) is 19.6 Å². The maximum atomic E-state index is 11.1. The number of Topliss-reactive ketones (excluding diaryl/α,β-unsaturated/α-hetero) is 2. The molecule has 0 rings (SSSR count). The number of carbonyl (C=O) groups is 2. The van der Waals surface area contributed by atoms with Crippen LogP contribution in [-0.4, -0.2) is 36.1 Å². The van der Waals surface area contributed by atoms with E-state index in [1.807, 2.05) is 27.7 Å². The number of hydrogen-bond donors (Lipinski definition) is 0. The lowest BCUT2D eigenvalue weighted by atomic mass is 10.0. The number of rotatable bonds is 7. The predicted molar refractivity (Wildman–Crippen MR) is 75.6 cm³/mol. The summed E-state index contributed by atoms with van der Waals surface area (Å²) in [5, 5.41) is 0. The lowest BCUT2D eigenvalue weighted by Gasteiger charge is -2.08. The van der Waals surface area contributed by atoms with E-state index in [9.17, 15) is 9.59 Å². The van der Waals surface area contributed by atoms with Gasteiger partial charge in [0.05, 0.1) is 24.9 Å². The van der Waals surface area contributed by atoms with Crippen LogP contribution >= 0.6 is 0 Å². The third-order valence-corrected chi connectivity index (χ3v) is 3.30. The van der Waals surface area contributed by atoms with Crippen LogP contribution in [0.25, 0.3) is 0 Å². The Balaban J connectivity index is 4.28. The quantitative estimate of drug-likeness (QED) is 0.516. The van der Waals surface area contributed by atoms with Crippen molar-refractivity contribution < 1.29 is 9.59 Å². The molecule has 18 heavy (non-hydrogen) atoms. The summed E-state index contributed by atoms with van der Waals surface area (Å²) < 4.78 is 0. The molecule has 0 aliphatic carbocycles. The first-order valence-corrected chi connectivity index (χ1v) is 6.30. The fraction of sp³-hybridized carbons (Fsp3) is 0.714. The van der Waals surface area contributed by atoms with Gasteiger partial charge in [0.1, 0.15) is 11.6 Å². The molecule has 0 saturated carbocycles. The van der Waals surface area contributed by atoms with E-state index in [4.69, 9.17) is 0 Å². The van der Waals surface area contributed by atoms with Crippen molar-refractivity contribution in [3.05, 3.63) is 0 Å². The van der Waals surface area contributed by atoms with Crippen LogP contribution in [0.3, 0.4) is 0 Å². The van der Waals surface area contributed by atoms with E-state index in [-0.39, 0.29) is 23.4 Å². The van der Waals surface area contributed by atoms with Crippen LogP contribution in [-0.2, 0) is 9.59 Å². The van der Waals surface area contributed by atoms with Crippen LogP contribution in [0, 0.1) is 11.8 Å². The summed E-state index contributed by atoms with van der Waals surface area (Å²) in [5.74, 6) is 0.0136. The van der Waals surface area contributed by atoms with Crippen molar-refractivity contribution in [1.29, 1.82) is 0 Å². The molecule has 0 amide bonds. The van der Waals surface area contributed by atoms with Crippen LogP contribution < -0.4 is 0 Å². The molecule has 0 saturated heterocycles. The average Bonchev–Trinajstić information content (AvgIpc) is 2.31. The highest BCUT2D eigenvalue weighted by Crippen LogP contribution is 2.02. The van der Waals surface area contributed by atoms with Crippen LogP contribution in [0.4, 0.5) is 0 Å². The Morgan fingerprint density at radius 1 is 0.778 bits per heavy atom. The van der Waals surface area contributed by atoms with Gasteiger partial charge < -0.3 is 0 Å². The highest BCUT2D eigenvalue weighted by atomic mass is 16.1. The molecule has 0 aromatic rings. The lowest BCUT2D eigenvalue weighted by Crippen LogP contribution is -2.17. The number of nitrogens with zero attached hydrogens (tertiary/aromatic N) is 2. The second kappa shape index (κ2) is 7.90. The normalized spacial score (nSPS) is 16.3. The van der Waals surface area contributed by atoms with E-state index in [2.05, 4.69) is 9.98 Å². The zero-order valence-corrected chi connectivity index (χ0v) is 12.3. The average molecular weight is 252 g/mol. The Morgan fingerprint density at radius 2 is 1.06 bits per heavy atom. The van der Waals surface area contributed by atoms with E-state index in [1.165, 1.54) is 0 Å². The summed E-state index contributed by atoms with van der Waals surface area (Å²) >= 11 is 0. The van der Waals surface area contributed by atoms with E-state index in [0.29, 0.717) is 13.1 Å². The topological polar surface area (TPSA) is 58.9 Å². The zero-order valence-electron chi connectivity index (χ0n) is 12.3. The molecule has 2 unspecified atom stereocenters. The molecule has 0 radical (unpaired) electrons. The second-order valence-corrected chi connectivity index (χ2v) is 4.71. The van der Waals surface area contributed by atoms with Crippen LogP contribution in [0.5, 0.6) is 0 Å². The molecule has 0 spiro atoms. The molecule has 0 fully saturated rings. The summed E-state index contributed by atoms with van der Waals surface area (Å²) in [4.78, 5) is 30.9. The predicted octanol–water partition coefficient (Wildman–Crippen LogP) is 2.36. The fourth-order valence-electron chi connectivity index (χ4n) is 1.31. The Bertz CT molecular complexity index is 334. The Kier molecular flexibility index (Phi) is 7.32. The van der Waals surface area contributed by atoms with Gasteiger partial charge in [0.2, 0.25) is 0 Å². The highest BCUT2D eigenvalue weighted by Gasteiger charge is 2.11. The van der Waals surface area contributed by atoms with Gasteiger partial charge in [-0.1, -0.05) is 13.8 Å². The number of aliphatic imine (C=N–C) groups is 2. The summed E-state index contributed by atoms with van der Waals surface area (Å²) in [6.45, 7) is 11.7. The van der Waals surface area contributed by atoms with Gasteiger partial charge in [-0.25, -0.2) is 0 Å². The number of ketones is 2. The third-order valence-electron chi connectivity index (χ3n) is 3.30. The van der Waals surface area contributed by atoms with E-state index < -0.39 is 0 Å². The first-order valence-electron chi connectivity index (χ1n) is 6.30. The van der Waals surface area contributed by atoms with Crippen molar-refractivity contribution in [2.24, 2.45) is 21.8 Å². The van der Waals surface area contributed by atoms with E-state index in [0.717, 1.165) is 11.4 Å². The summed E-state index contributed by atoms with van der Waals surface area (Å²) in [7, 11) is 0. The summed E-state index contributed by atoms with van der Waals surface area (Å²) in [6, 6.07) is 0. The maximum absolute atomic E-state index is 11.1. The molecular formula is C14H24N2O2. The summed E-state index contributed by atoms with van der Waals surface area (Å²) in [6.07, 6.45) is 0. The van der Waals surface area contributed by atoms with Gasteiger partial charge in [0.25, 0.3) is 0 Å². The van der Waals surface area contributed by atoms with Crippen molar-refractivity contribution in [3.63, 3.8) is 0 Å². The molecule has 0 heterocycles. The molecule has 0 aliphatic rings. The van der Waals surface area contributed by atoms with Crippen LogP contribution in [0.2, 0.25) is 0 Å². The zero-order chi connectivity index (χ0) is 14.3. The van der Waals surface area contributed by atoms with Crippen molar-refractivity contribution in [3.8, 4) is 0 Å². The first kappa shape index (κ1) is 16.7. The van der Waals surface area contributed by atoms with E-state index in [1.54, 1.807) is 13.8 Å². The van der Waals surface area contributed by atoms with Crippen molar-refractivity contribution in [1.82, 2.24) is 0 Å². The van der Waals surface area contributed by atoms with Crippen molar-refractivity contribution in [2.45, 2.75) is 41.5 Å². The largest absolute Gasteiger partial charge is 0.299 e. The van der Waals surface area contributed by atoms with Crippen LogP contribution in [0.1, 0.15) is 41.5 Å². The van der Waals surface area contributed by atoms with E-state index >= 15 is 0 Å². The molecule has 0 N–H and O–H groups in total. The second-order valence-electron chi connectivity index (χ2n) is 4.71. The highest BCUT2D eigenvalue weighted by molar-refractivity contribution is 6.03. The molecule has 102 valence electrons. The molecule has 0 aliphatic heterocycles. The van der Waals surface area contributed by atoms with Gasteiger partial charge in [-0.05, 0) is 27.7 Å². The molecule has 0 aromatic carbocycles. The van der Waals surface area contributed by atoms with Gasteiger partial charge >= 0.3 is 0 Å². The van der Waals surface area contributed by atoms with Gasteiger partial charge in [0, 0.05) is 11.4 Å². The maximum Gasteiger partial charge on any atom is 0.138 e. The smallest absolute Gasteiger partial charge is 0.138 e. The number of hydrogen-bond acceptors (Lipinski definition) is 4. The number of carbonyl (C=O) groups excluding carboxylic acids is 2. The van der Waals surface area contributed by atoms with Gasteiger partial charge in [-0.15, -0.1) is 0 Å². The molecule has 0 aromatic heterocycles. The Labute approximate surface area is 110 Å². The minimum Gasteiger partial charge on any atom is -0.299 e. The van der Waals surface area contributed by atoms with Gasteiger partial charge in [0.15, 0.2) is 0 Å². The molecule has 4 heteroatoms. The monoisotopic (exact) mass is 252 g/mol. The Hall–Kier alpha value is -1.32. The van der Waals surface area contributed by atoms with Gasteiger partial charge in [-0.2, -0.15) is 0 Å². The first-order chi connectivity index (χ1) is 8.27. The standard InChI is InChI=1S/C14H24N2O2/c1-9(13(5)17)11(3)15-7-8-16-12(4)10(2)14(6)18/h9-10H,7-8H2,1-6H3. The van der Waals surface area contributed by atoms with Crippen molar-refractivity contribution in [2.75, 3.05) is 13.1 Å². The summed E-state index contributed by atoms with van der Waals surface area (Å²) in [5.41, 5.74) is 1.69. The lowest BCUT2D eigenvalue weighted by molar-refractivity contribution is -0.119. The minimum atomic E-state index is -0.119. The third kappa shape index (κ3) is 5.84. The Morgan fingerprint density at radius 3 is 1.28 bits per heavy atom. The minimum absolute atomic E-state index is 0.119. The van der Waals surface area contributed by atoms with Crippen molar-refractivity contribution >= 4 is 23.0 Å². The molecule has 4 nitrogen and oxygen atoms in total.